The highest BCUT2D eigenvalue weighted by Crippen LogP contribution is 2.32. The molecule has 1 aliphatic heterocycles. The Morgan fingerprint density at radius 3 is 2.50 bits per heavy atom. The first-order valence-electron chi connectivity index (χ1n) is 7.68. The largest absolute Gasteiger partial charge is 0.491 e. The van der Waals surface area contributed by atoms with E-state index in [1.54, 1.807) is 19.2 Å². The van der Waals surface area contributed by atoms with Crippen LogP contribution in [0, 0.1) is 0 Å². The summed E-state index contributed by atoms with van der Waals surface area (Å²) in [6.45, 7) is 0.662. The summed E-state index contributed by atoms with van der Waals surface area (Å²) >= 11 is 0. The smallest absolute Gasteiger partial charge is 0.408 e. The van der Waals surface area contributed by atoms with Gasteiger partial charge < -0.3 is 20.1 Å². The third-order valence-electron chi connectivity index (χ3n) is 3.91. The molecule has 0 bridgehead atoms. The lowest BCUT2D eigenvalue weighted by atomic mass is 9.97. The van der Waals surface area contributed by atoms with Crippen LogP contribution < -0.4 is 10.5 Å². The molecule has 1 fully saturated rings. The van der Waals surface area contributed by atoms with Crippen LogP contribution in [0.15, 0.2) is 24.3 Å². The van der Waals surface area contributed by atoms with Crippen LogP contribution in [0.5, 0.6) is 5.75 Å². The summed E-state index contributed by atoms with van der Waals surface area (Å²) in [4.78, 5) is 13.3. The quantitative estimate of drug-likeness (QED) is 0.830. The van der Waals surface area contributed by atoms with E-state index in [1.165, 1.54) is 12.1 Å². The Bertz CT molecular complexity index is 548. The van der Waals surface area contributed by atoms with E-state index in [1.807, 2.05) is 0 Å². The van der Waals surface area contributed by atoms with Crippen LogP contribution in [0.3, 0.4) is 0 Å². The highest BCUT2D eigenvalue weighted by atomic mass is 19.4. The third-order valence-corrected chi connectivity index (χ3v) is 3.91. The van der Waals surface area contributed by atoms with Crippen molar-refractivity contribution < 1.29 is 27.4 Å². The molecule has 1 amide bonds. The van der Waals surface area contributed by atoms with Crippen molar-refractivity contribution in [3.63, 3.8) is 0 Å². The van der Waals surface area contributed by atoms with E-state index in [4.69, 9.17) is 15.2 Å². The Hall–Kier alpha value is -1.80. The van der Waals surface area contributed by atoms with Crippen LogP contribution in [0.25, 0.3) is 0 Å². The Kier molecular flexibility index (Phi) is 6.06. The summed E-state index contributed by atoms with van der Waals surface area (Å²) in [7, 11) is 1.55. The maximum atomic E-state index is 13.2. The van der Waals surface area contributed by atoms with Gasteiger partial charge in [-0.05, 0) is 37.1 Å². The number of hydrogen-bond acceptors (Lipinski definition) is 4. The Morgan fingerprint density at radius 2 is 1.92 bits per heavy atom. The van der Waals surface area contributed by atoms with Crippen molar-refractivity contribution in [2.75, 3.05) is 26.9 Å². The maximum Gasteiger partial charge on any atom is 0.408 e. The molecule has 0 spiro atoms. The van der Waals surface area contributed by atoms with Gasteiger partial charge in [0.2, 0.25) is 0 Å². The van der Waals surface area contributed by atoms with Crippen molar-refractivity contribution in [3.8, 4) is 5.75 Å². The van der Waals surface area contributed by atoms with Crippen LogP contribution >= 0.6 is 0 Å². The zero-order valence-corrected chi connectivity index (χ0v) is 13.4. The number of nitrogens with two attached hydrogens (primary N) is 1. The first kappa shape index (κ1) is 18.5. The van der Waals surface area contributed by atoms with Crippen molar-refractivity contribution in [1.29, 1.82) is 0 Å². The van der Waals surface area contributed by atoms with Gasteiger partial charge in [-0.25, -0.2) is 0 Å². The number of alkyl halides is 3. The van der Waals surface area contributed by atoms with Gasteiger partial charge in [-0.1, -0.05) is 0 Å². The predicted molar refractivity (Wildman–Crippen MR) is 81.9 cm³/mol. The molecule has 2 N–H and O–H groups in total. The second-order valence-electron chi connectivity index (χ2n) is 5.72. The van der Waals surface area contributed by atoms with E-state index in [9.17, 15) is 18.0 Å². The van der Waals surface area contributed by atoms with E-state index in [0.717, 1.165) is 4.90 Å². The maximum absolute atomic E-state index is 13.2. The molecule has 24 heavy (non-hydrogen) atoms. The fourth-order valence-electron chi connectivity index (χ4n) is 2.67. The van der Waals surface area contributed by atoms with Gasteiger partial charge >= 0.3 is 6.18 Å². The fourth-order valence-corrected chi connectivity index (χ4v) is 2.67. The third kappa shape index (κ3) is 4.61. The first-order chi connectivity index (χ1) is 11.3. The minimum atomic E-state index is -4.46. The SMILES string of the molecule is COCCOc1ccc(C(=O)N2C[C@H](N)CC[C@H]2C(F)(F)F)cc1. The molecule has 1 saturated heterocycles. The number of methoxy groups -OCH3 is 1. The van der Waals surface area contributed by atoms with Crippen molar-refractivity contribution in [3.05, 3.63) is 29.8 Å². The number of rotatable bonds is 5. The fraction of sp³-hybridized carbons (Fsp3) is 0.562. The molecule has 0 saturated carbocycles. The number of nitrogens with zero attached hydrogens (tertiary/aromatic N) is 1. The van der Waals surface area contributed by atoms with E-state index < -0.39 is 24.2 Å². The summed E-state index contributed by atoms with van der Waals surface area (Å²) in [5.41, 5.74) is 5.92. The lowest BCUT2D eigenvalue weighted by Gasteiger charge is -2.39. The van der Waals surface area contributed by atoms with Gasteiger partial charge in [0.05, 0.1) is 6.61 Å². The molecule has 0 radical (unpaired) electrons. The second kappa shape index (κ2) is 7.85. The van der Waals surface area contributed by atoms with Gasteiger partial charge in [0.1, 0.15) is 18.4 Å². The number of piperidine rings is 1. The highest BCUT2D eigenvalue weighted by Gasteiger charge is 2.47. The van der Waals surface area contributed by atoms with Crippen LogP contribution in [0.1, 0.15) is 23.2 Å². The molecule has 0 aromatic heterocycles. The number of halogens is 3. The monoisotopic (exact) mass is 346 g/mol. The standard InChI is InChI=1S/C16H21F3N2O3/c1-23-8-9-24-13-5-2-11(3-6-13)15(22)21-10-12(20)4-7-14(21)16(17,18)19/h2-3,5-6,12,14H,4,7-10,20H2,1H3/t12-,14+/m1/s1. The number of hydrogen-bond donors (Lipinski definition) is 1. The topological polar surface area (TPSA) is 64.8 Å². The number of carbonyl (C=O) groups excluding carboxylic acids is 1. The molecule has 1 aromatic rings. The predicted octanol–water partition coefficient (Wildman–Crippen LogP) is 2.21. The lowest BCUT2D eigenvalue weighted by molar-refractivity contribution is -0.184. The first-order valence-corrected chi connectivity index (χ1v) is 7.68. The van der Waals surface area contributed by atoms with Crippen LogP contribution in [0.2, 0.25) is 0 Å². The molecular formula is C16H21F3N2O3. The number of likely N-dealkylation sites (tertiary alicyclic amines) is 1. The minimum absolute atomic E-state index is 0.102. The number of amides is 1. The van der Waals surface area contributed by atoms with Crippen LogP contribution in [0.4, 0.5) is 13.2 Å². The molecule has 0 unspecified atom stereocenters. The average Bonchev–Trinajstić information content (AvgIpc) is 2.54. The molecule has 8 heteroatoms. The second-order valence-corrected chi connectivity index (χ2v) is 5.72. The average molecular weight is 346 g/mol. The van der Waals surface area contributed by atoms with Gasteiger partial charge in [-0.2, -0.15) is 13.2 Å². The normalized spacial score (nSPS) is 21.6. The summed E-state index contributed by atoms with van der Waals surface area (Å²) in [6, 6.07) is 3.78. The number of benzene rings is 1. The van der Waals surface area contributed by atoms with Gasteiger partial charge in [0.25, 0.3) is 5.91 Å². The molecule has 5 nitrogen and oxygen atoms in total. The molecule has 0 aliphatic carbocycles. The molecule has 134 valence electrons. The molecule has 1 heterocycles. The van der Waals surface area contributed by atoms with Gasteiger partial charge in [-0.3, -0.25) is 4.79 Å². The van der Waals surface area contributed by atoms with Crippen molar-refractivity contribution in [2.24, 2.45) is 5.73 Å². The van der Waals surface area contributed by atoms with Crippen molar-refractivity contribution >= 4 is 5.91 Å². The minimum Gasteiger partial charge on any atom is -0.491 e. The van der Waals surface area contributed by atoms with E-state index >= 15 is 0 Å². The Balaban J connectivity index is 2.10. The van der Waals surface area contributed by atoms with Gasteiger partial charge in [0, 0.05) is 25.3 Å². The van der Waals surface area contributed by atoms with E-state index in [-0.39, 0.29) is 24.9 Å². The zero-order valence-electron chi connectivity index (χ0n) is 13.4. The number of carbonyl (C=O) groups is 1. The molecule has 1 aliphatic rings. The summed E-state index contributed by atoms with van der Waals surface area (Å²) in [5.74, 6) is -0.151. The highest BCUT2D eigenvalue weighted by molar-refractivity contribution is 5.94. The van der Waals surface area contributed by atoms with Gasteiger partial charge in [0.15, 0.2) is 0 Å². The van der Waals surface area contributed by atoms with E-state index in [0.29, 0.717) is 19.0 Å². The zero-order chi connectivity index (χ0) is 17.7. The van der Waals surface area contributed by atoms with E-state index in [2.05, 4.69) is 0 Å². The Labute approximate surface area is 138 Å². The Morgan fingerprint density at radius 1 is 1.25 bits per heavy atom. The molecular weight excluding hydrogens is 325 g/mol. The van der Waals surface area contributed by atoms with Crippen molar-refractivity contribution in [2.45, 2.75) is 31.1 Å². The molecule has 1 aromatic carbocycles. The molecule has 2 atom stereocenters. The van der Waals surface area contributed by atoms with Gasteiger partial charge in [-0.15, -0.1) is 0 Å². The van der Waals surface area contributed by atoms with Crippen LogP contribution in [-0.4, -0.2) is 55.9 Å². The number of ether oxygens (including phenoxy) is 2. The summed E-state index contributed by atoms with van der Waals surface area (Å²) < 4.78 is 49.7. The summed E-state index contributed by atoms with van der Waals surface area (Å²) in [5, 5.41) is 0. The molecule has 2 rings (SSSR count). The lowest BCUT2D eigenvalue weighted by Crippen LogP contribution is -2.56. The summed E-state index contributed by atoms with van der Waals surface area (Å²) in [6.07, 6.45) is -4.38. The van der Waals surface area contributed by atoms with Crippen LogP contribution in [-0.2, 0) is 4.74 Å². The van der Waals surface area contributed by atoms with Crippen molar-refractivity contribution in [1.82, 2.24) is 4.90 Å².